The maximum absolute atomic E-state index is 12.7. The zero-order chi connectivity index (χ0) is 16.9. The summed E-state index contributed by atoms with van der Waals surface area (Å²) in [5.41, 5.74) is 9.86. The van der Waals surface area contributed by atoms with E-state index in [1.54, 1.807) is 0 Å². The fraction of sp³-hybridized carbons (Fsp3) is 0.350. The van der Waals surface area contributed by atoms with Gasteiger partial charge >= 0.3 is 0 Å². The monoisotopic (exact) mass is 324 g/mol. The van der Waals surface area contributed by atoms with Crippen LogP contribution in [0.1, 0.15) is 40.4 Å². The minimum Gasteiger partial charge on any atom is -0.494 e. The third-order valence-electron chi connectivity index (χ3n) is 4.39. The third kappa shape index (κ3) is 3.60. The molecule has 0 atom stereocenters. The molecule has 0 saturated carbocycles. The molecule has 2 N–H and O–H groups in total. The van der Waals surface area contributed by atoms with Crippen LogP contribution in [-0.2, 0) is 19.5 Å². The average molecular weight is 324 g/mol. The quantitative estimate of drug-likeness (QED) is 0.919. The molecule has 1 amide bonds. The molecule has 3 rings (SSSR count). The van der Waals surface area contributed by atoms with Gasteiger partial charge in [-0.1, -0.05) is 25.1 Å². The first-order chi connectivity index (χ1) is 11.7. The number of fused-ring (bicyclic) bond motifs is 1. The topological polar surface area (TPSA) is 55.6 Å². The van der Waals surface area contributed by atoms with Crippen molar-refractivity contribution in [1.82, 2.24) is 4.90 Å². The fourth-order valence-corrected chi connectivity index (χ4v) is 2.98. The molecule has 0 radical (unpaired) electrons. The molecule has 0 saturated heterocycles. The number of nitrogens with zero attached hydrogens (tertiary/aromatic N) is 1. The van der Waals surface area contributed by atoms with Crippen LogP contribution in [0, 0.1) is 0 Å². The van der Waals surface area contributed by atoms with Gasteiger partial charge in [0.05, 0.1) is 6.61 Å². The van der Waals surface area contributed by atoms with E-state index >= 15 is 0 Å². The molecule has 2 aromatic carbocycles. The van der Waals surface area contributed by atoms with Gasteiger partial charge in [0, 0.05) is 25.2 Å². The van der Waals surface area contributed by atoms with Crippen LogP contribution in [0.5, 0.6) is 5.75 Å². The van der Waals surface area contributed by atoms with Crippen molar-refractivity contribution in [2.24, 2.45) is 5.73 Å². The van der Waals surface area contributed by atoms with Crippen LogP contribution in [0.25, 0.3) is 0 Å². The highest BCUT2D eigenvalue weighted by molar-refractivity contribution is 5.94. The second-order valence-electron chi connectivity index (χ2n) is 6.16. The lowest BCUT2D eigenvalue weighted by Crippen LogP contribution is -2.35. The van der Waals surface area contributed by atoms with Crippen LogP contribution in [0.3, 0.4) is 0 Å². The van der Waals surface area contributed by atoms with Gasteiger partial charge in [0.25, 0.3) is 5.91 Å². The SMILES string of the molecule is CCCOc1ccc2c(c1)CCN(C(=O)c1ccc(CN)cc1)C2. The lowest BCUT2D eigenvalue weighted by molar-refractivity contribution is 0.0734. The molecule has 0 fully saturated rings. The Morgan fingerprint density at radius 2 is 1.96 bits per heavy atom. The van der Waals surface area contributed by atoms with Gasteiger partial charge in [-0.2, -0.15) is 0 Å². The van der Waals surface area contributed by atoms with Crippen molar-refractivity contribution in [1.29, 1.82) is 0 Å². The van der Waals surface area contributed by atoms with Gasteiger partial charge in [0.15, 0.2) is 0 Å². The summed E-state index contributed by atoms with van der Waals surface area (Å²) in [6, 6.07) is 13.8. The van der Waals surface area contributed by atoms with Crippen molar-refractivity contribution in [2.45, 2.75) is 32.9 Å². The first-order valence-electron chi connectivity index (χ1n) is 8.54. The average Bonchev–Trinajstić information content (AvgIpc) is 2.65. The van der Waals surface area contributed by atoms with Crippen LogP contribution >= 0.6 is 0 Å². The standard InChI is InChI=1S/C20H24N2O2/c1-2-11-24-19-8-7-18-14-22(10-9-17(18)12-19)20(23)16-5-3-15(13-21)4-6-16/h3-8,12H,2,9-11,13-14,21H2,1H3. The molecular formula is C20H24N2O2. The molecule has 2 aromatic rings. The molecule has 0 spiro atoms. The molecule has 1 aliphatic rings. The molecule has 0 aliphatic carbocycles. The maximum atomic E-state index is 12.7. The highest BCUT2D eigenvalue weighted by Gasteiger charge is 2.22. The molecule has 1 heterocycles. The van der Waals surface area contributed by atoms with Gasteiger partial charge in [0.2, 0.25) is 0 Å². The van der Waals surface area contributed by atoms with E-state index < -0.39 is 0 Å². The highest BCUT2D eigenvalue weighted by Crippen LogP contribution is 2.25. The Bertz CT molecular complexity index is 710. The molecule has 126 valence electrons. The first-order valence-corrected chi connectivity index (χ1v) is 8.54. The zero-order valence-electron chi connectivity index (χ0n) is 14.1. The lowest BCUT2D eigenvalue weighted by atomic mass is 9.98. The number of benzene rings is 2. The fourth-order valence-electron chi connectivity index (χ4n) is 2.98. The minimum atomic E-state index is 0.0792. The molecule has 4 heteroatoms. The Hall–Kier alpha value is -2.33. The van der Waals surface area contributed by atoms with E-state index in [2.05, 4.69) is 19.1 Å². The Kier molecular flexibility index (Phi) is 5.16. The van der Waals surface area contributed by atoms with Gasteiger partial charge in [-0.05, 0) is 53.8 Å². The van der Waals surface area contributed by atoms with Gasteiger partial charge < -0.3 is 15.4 Å². The van der Waals surface area contributed by atoms with Crippen LogP contribution < -0.4 is 10.5 Å². The predicted molar refractivity (Wildman–Crippen MR) is 95.0 cm³/mol. The zero-order valence-corrected chi connectivity index (χ0v) is 14.1. The molecule has 0 unspecified atom stereocenters. The number of carbonyl (C=O) groups excluding carboxylic acids is 1. The van der Waals surface area contributed by atoms with E-state index in [9.17, 15) is 4.79 Å². The summed E-state index contributed by atoms with van der Waals surface area (Å²) in [6.45, 7) is 4.72. The Morgan fingerprint density at radius 3 is 2.67 bits per heavy atom. The summed E-state index contributed by atoms with van der Waals surface area (Å²) in [6.07, 6.45) is 1.87. The lowest BCUT2D eigenvalue weighted by Gasteiger charge is -2.29. The van der Waals surface area contributed by atoms with Crippen LogP contribution in [-0.4, -0.2) is 24.0 Å². The number of carbonyl (C=O) groups is 1. The van der Waals surface area contributed by atoms with Gasteiger partial charge in [0.1, 0.15) is 5.75 Å². The van der Waals surface area contributed by atoms with E-state index in [1.165, 1.54) is 11.1 Å². The molecule has 1 aliphatic heterocycles. The molecule has 0 aromatic heterocycles. The van der Waals surface area contributed by atoms with E-state index in [0.29, 0.717) is 13.1 Å². The van der Waals surface area contributed by atoms with E-state index in [-0.39, 0.29) is 5.91 Å². The van der Waals surface area contributed by atoms with Crippen molar-refractivity contribution in [3.63, 3.8) is 0 Å². The minimum absolute atomic E-state index is 0.0792. The summed E-state index contributed by atoms with van der Waals surface area (Å²) in [5.74, 6) is 1.00. The summed E-state index contributed by atoms with van der Waals surface area (Å²) < 4.78 is 5.70. The van der Waals surface area contributed by atoms with Crippen molar-refractivity contribution < 1.29 is 9.53 Å². The van der Waals surface area contributed by atoms with Crippen LogP contribution in [0.2, 0.25) is 0 Å². The summed E-state index contributed by atoms with van der Waals surface area (Å²) in [4.78, 5) is 14.6. The molecule has 0 bridgehead atoms. The Labute approximate surface area is 143 Å². The van der Waals surface area contributed by atoms with E-state index in [1.807, 2.05) is 35.2 Å². The van der Waals surface area contributed by atoms with Crippen LogP contribution in [0.4, 0.5) is 0 Å². The molecule has 24 heavy (non-hydrogen) atoms. The van der Waals surface area contributed by atoms with E-state index in [4.69, 9.17) is 10.5 Å². The molecule has 4 nitrogen and oxygen atoms in total. The normalized spacial score (nSPS) is 13.5. The summed E-state index contributed by atoms with van der Waals surface area (Å²) in [5, 5.41) is 0. The number of ether oxygens (including phenoxy) is 1. The summed E-state index contributed by atoms with van der Waals surface area (Å²) >= 11 is 0. The number of hydrogen-bond acceptors (Lipinski definition) is 3. The van der Waals surface area contributed by atoms with Crippen molar-refractivity contribution >= 4 is 5.91 Å². The third-order valence-corrected chi connectivity index (χ3v) is 4.39. The second-order valence-corrected chi connectivity index (χ2v) is 6.16. The number of rotatable bonds is 5. The Morgan fingerprint density at radius 1 is 1.17 bits per heavy atom. The predicted octanol–water partition coefficient (Wildman–Crippen LogP) is 3.13. The van der Waals surface area contributed by atoms with Gasteiger partial charge in [-0.25, -0.2) is 0 Å². The van der Waals surface area contributed by atoms with E-state index in [0.717, 1.165) is 42.9 Å². The first kappa shape index (κ1) is 16.5. The van der Waals surface area contributed by atoms with Crippen molar-refractivity contribution in [2.75, 3.05) is 13.2 Å². The Balaban J connectivity index is 1.70. The summed E-state index contributed by atoms with van der Waals surface area (Å²) in [7, 11) is 0. The van der Waals surface area contributed by atoms with Crippen LogP contribution in [0.15, 0.2) is 42.5 Å². The molecular weight excluding hydrogens is 300 g/mol. The van der Waals surface area contributed by atoms with Gasteiger partial charge in [-0.15, -0.1) is 0 Å². The van der Waals surface area contributed by atoms with Crippen molar-refractivity contribution in [3.8, 4) is 5.75 Å². The highest BCUT2D eigenvalue weighted by atomic mass is 16.5. The number of hydrogen-bond donors (Lipinski definition) is 1. The van der Waals surface area contributed by atoms with Crippen molar-refractivity contribution in [3.05, 3.63) is 64.7 Å². The maximum Gasteiger partial charge on any atom is 0.254 e. The van der Waals surface area contributed by atoms with Gasteiger partial charge in [-0.3, -0.25) is 4.79 Å². The second kappa shape index (κ2) is 7.49. The number of nitrogens with two attached hydrogens (primary N) is 1. The number of amides is 1. The largest absolute Gasteiger partial charge is 0.494 e. The smallest absolute Gasteiger partial charge is 0.254 e.